The lowest BCUT2D eigenvalue weighted by molar-refractivity contribution is -0.192. The van der Waals surface area contributed by atoms with Crippen LogP contribution in [-0.2, 0) is 11.3 Å². The van der Waals surface area contributed by atoms with Gasteiger partial charge in [0.2, 0.25) is 0 Å². The number of halogens is 3. The predicted molar refractivity (Wildman–Crippen MR) is 117 cm³/mol. The van der Waals surface area contributed by atoms with Crippen LogP contribution >= 0.6 is 0 Å². The lowest BCUT2D eigenvalue weighted by atomic mass is 10.0. The van der Waals surface area contributed by atoms with E-state index >= 15 is 0 Å². The first-order chi connectivity index (χ1) is 16.2. The number of fused-ring (bicyclic) bond motifs is 1. The maximum atomic E-state index is 12.6. The molecular formula is C23H19F3N4O4. The van der Waals surface area contributed by atoms with E-state index in [1.54, 1.807) is 19.5 Å². The topological polar surface area (TPSA) is 117 Å². The Kier molecular flexibility index (Phi) is 7.46. The van der Waals surface area contributed by atoms with E-state index in [1.165, 1.54) is 0 Å². The van der Waals surface area contributed by atoms with Gasteiger partial charge in [0.1, 0.15) is 5.75 Å². The quantitative estimate of drug-likeness (QED) is 0.401. The fourth-order valence-electron chi connectivity index (χ4n) is 2.97. The number of carbonyl (C=O) groups excluding carboxylic acids is 1. The molecule has 0 saturated heterocycles. The van der Waals surface area contributed by atoms with Gasteiger partial charge in [0.15, 0.2) is 5.69 Å². The Morgan fingerprint density at radius 2 is 1.76 bits per heavy atom. The average Bonchev–Trinajstić information content (AvgIpc) is 3.26. The van der Waals surface area contributed by atoms with Crippen LogP contribution in [-0.4, -0.2) is 45.5 Å². The number of hydrogen-bond acceptors (Lipinski definition) is 5. The number of alkyl halides is 3. The third-order valence-corrected chi connectivity index (χ3v) is 4.62. The normalized spacial score (nSPS) is 10.8. The molecule has 1 amide bonds. The van der Waals surface area contributed by atoms with Crippen molar-refractivity contribution in [3.05, 3.63) is 78.2 Å². The molecule has 0 fully saturated rings. The number of pyridine rings is 1. The van der Waals surface area contributed by atoms with Gasteiger partial charge in [0.05, 0.1) is 12.6 Å². The first-order valence-corrected chi connectivity index (χ1v) is 9.79. The number of benzene rings is 2. The largest absolute Gasteiger partial charge is 0.497 e. The van der Waals surface area contributed by atoms with Crippen LogP contribution < -0.4 is 10.1 Å². The van der Waals surface area contributed by atoms with Crippen LogP contribution in [0.3, 0.4) is 0 Å². The first-order valence-electron chi connectivity index (χ1n) is 9.79. The minimum atomic E-state index is -5.08. The average molecular weight is 472 g/mol. The second-order valence-corrected chi connectivity index (χ2v) is 6.91. The second kappa shape index (κ2) is 10.5. The van der Waals surface area contributed by atoms with E-state index in [2.05, 4.69) is 20.5 Å². The number of rotatable bonds is 5. The minimum Gasteiger partial charge on any atom is -0.497 e. The van der Waals surface area contributed by atoms with Gasteiger partial charge < -0.3 is 15.2 Å². The predicted octanol–water partition coefficient (Wildman–Crippen LogP) is 4.20. The van der Waals surface area contributed by atoms with Crippen LogP contribution in [0.25, 0.3) is 22.0 Å². The van der Waals surface area contributed by atoms with Crippen molar-refractivity contribution in [1.29, 1.82) is 0 Å². The van der Waals surface area contributed by atoms with E-state index in [-0.39, 0.29) is 5.91 Å². The summed E-state index contributed by atoms with van der Waals surface area (Å²) in [6.45, 7) is 0.402. The Balaban J connectivity index is 0.000000406. The molecule has 0 aliphatic carbocycles. The Hall–Kier alpha value is -4.41. The van der Waals surface area contributed by atoms with Crippen LogP contribution in [0, 0.1) is 0 Å². The second-order valence-electron chi connectivity index (χ2n) is 6.91. The van der Waals surface area contributed by atoms with E-state index in [9.17, 15) is 18.0 Å². The molecular weight excluding hydrogens is 453 g/mol. The number of ether oxygens (including phenoxy) is 1. The number of nitrogens with zero attached hydrogens (tertiary/aromatic N) is 2. The summed E-state index contributed by atoms with van der Waals surface area (Å²) in [5, 5.41) is 18.0. The molecule has 4 aromatic rings. The molecule has 8 nitrogen and oxygen atoms in total. The van der Waals surface area contributed by atoms with Crippen LogP contribution in [0.15, 0.2) is 67.0 Å². The highest BCUT2D eigenvalue weighted by molar-refractivity contribution is 6.05. The number of aromatic amines is 1. The molecule has 0 unspecified atom stereocenters. The van der Waals surface area contributed by atoms with Crippen molar-refractivity contribution in [2.45, 2.75) is 12.7 Å². The van der Waals surface area contributed by atoms with Crippen molar-refractivity contribution in [1.82, 2.24) is 20.5 Å². The van der Waals surface area contributed by atoms with Gasteiger partial charge >= 0.3 is 12.1 Å². The number of methoxy groups -OCH3 is 1. The molecule has 0 bridgehead atoms. The molecule has 3 N–H and O–H groups in total. The Labute approximate surface area is 191 Å². The number of H-pyrrole nitrogens is 1. The number of carbonyl (C=O) groups is 2. The zero-order valence-electron chi connectivity index (χ0n) is 17.8. The van der Waals surface area contributed by atoms with Gasteiger partial charge in [-0.3, -0.25) is 14.9 Å². The zero-order chi connectivity index (χ0) is 24.7. The van der Waals surface area contributed by atoms with E-state index in [1.807, 2.05) is 54.6 Å². The number of hydrogen-bond donors (Lipinski definition) is 3. The highest BCUT2D eigenvalue weighted by Crippen LogP contribution is 2.24. The molecule has 0 aliphatic rings. The Bertz CT molecular complexity index is 1290. The maximum absolute atomic E-state index is 12.6. The molecule has 2 aromatic heterocycles. The lowest BCUT2D eigenvalue weighted by Crippen LogP contribution is -2.23. The summed E-state index contributed by atoms with van der Waals surface area (Å²) in [4.78, 5) is 25.5. The number of nitrogens with one attached hydrogen (secondary N) is 2. The smallest absolute Gasteiger partial charge is 0.490 e. The van der Waals surface area contributed by atoms with E-state index in [0.717, 1.165) is 33.3 Å². The van der Waals surface area contributed by atoms with Gasteiger partial charge in [-0.2, -0.15) is 18.3 Å². The molecule has 0 saturated carbocycles. The molecule has 0 aliphatic heterocycles. The molecule has 34 heavy (non-hydrogen) atoms. The zero-order valence-corrected chi connectivity index (χ0v) is 17.8. The third-order valence-electron chi connectivity index (χ3n) is 4.62. The molecule has 11 heteroatoms. The Morgan fingerprint density at radius 1 is 1.06 bits per heavy atom. The van der Waals surface area contributed by atoms with E-state index in [0.29, 0.717) is 12.2 Å². The van der Waals surface area contributed by atoms with E-state index < -0.39 is 12.1 Å². The van der Waals surface area contributed by atoms with Crippen LogP contribution in [0.5, 0.6) is 5.75 Å². The van der Waals surface area contributed by atoms with Crippen LogP contribution in [0.1, 0.15) is 16.1 Å². The van der Waals surface area contributed by atoms with Gasteiger partial charge in [0, 0.05) is 24.3 Å². The number of carboxylic acids is 1. The summed E-state index contributed by atoms with van der Waals surface area (Å²) in [5.41, 5.74) is 4.26. The third kappa shape index (κ3) is 6.09. The standard InChI is InChI=1S/C21H18N4O2.C2HF3O2/c1-27-17-4-2-3-14(11-17)13-23-21(26)20-18-6-5-16(12-19(18)24-25-20)15-7-9-22-10-8-15;3-2(4,5)1(6)7/h2-12H,13H2,1H3,(H,23,26)(H,24,25);(H,6,7). The fraction of sp³-hybridized carbons (Fsp3) is 0.130. The molecule has 0 radical (unpaired) electrons. The summed E-state index contributed by atoms with van der Waals surface area (Å²) in [5.74, 6) is -2.22. The summed E-state index contributed by atoms with van der Waals surface area (Å²) in [6, 6.07) is 17.4. The molecule has 176 valence electrons. The summed E-state index contributed by atoms with van der Waals surface area (Å²) in [7, 11) is 1.62. The maximum Gasteiger partial charge on any atom is 0.490 e. The van der Waals surface area contributed by atoms with Crippen molar-refractivity contribution in [3.8, 4) is 16.9 Å². The minimum absolute atomic E-state index is 0.222. The van der Waals surface area contributed by atoms with Gasteiger partial charge in [-0.15, -0.1) is 0 Å². The molecule has 0 spiro atoms. The number of aromatic nitrogens is 3. The van der Waals surface area contributed by atoms with Crippen LogP contribution in [0.2, 0.25) is 0 Å². The van der Waals surface area contributed by atoms with Crippen molar-refractivity contribution in [2.24, 2.45) is 0 Å². The monoisotopic (exact) mass is 472 g/mol. The van der Waals surface area contributed by atoms with Gasteiger partial charge in [0.25, 0.3) is 5.91 Å². The van der Waals surface area contributed by atoms with Crippen molar-refractivity contribution >= 4 is 22.8 Å². The lowest BCUT2D eigenvalue weighted by Gasteiger charge is -2.06. The summed E-state index contributed by atoms with van der Waals surface area (Å²) < 4.78 is 36.9. The fourth-order valence-corrected chi connectivity index (χ4v) is 2.97. The summed E-state index contributed by atoms with van der Waals surface area (Å²) in [6.07, 6.45) is -1.58. The molecule has 2 aromatic carbocycles. The van der Waals surface area contributed by atoms with Crippen molar-refractivity contribution in [3.63, 3.8) is 0 Å². The molecule has 2 heterocycles. The van der Waals surface area contributed by atoms with Crippen LogP contribution in [0.4, 0.5) is 13.2 Å². The van der Waals surface area contributed by atoms with Crippen molar-refractivity contribution in [2.75, 3.05) is 7.11 Å². The number of amides is 1. The molecule has 4 rings (SSSR count). The van der Waals surface area contributed by atoms with Gasteiger partial charge in [-0.05, 0) is 53.1 Å². The first kappa shape index (κ1) is 24.2. The molecule has 0 atom stereocenters. The SMILES string of the molecule is COc1cccc(CNC(=O)c2n[nH]c3cc(-c4ccncc4)ccc23)c1.O=C(O)C(F)(F)F. The van der Waals surface area contributed by atoms with Crippen molar-refractivity contribution < 1.29 is 32.6 Å². The van der Waals surface area contributed by atoms with E-state index in [4.69, 9.17) is 14.6 Å². The number of aliphatic carboxylic acids is 1. The highest BCUT2D eigenvalue weighted by atomic mass is 19.4. The Morgan fingerprint density at radius 3 is 2.41 bits per heavy atom. The summed E-state index contributed by atoms with van der Waals surface area (Å²) >= 11 is 0. The van der Waals surface area contributed by atoms with Gasteiger partial charge in [-0.1, -0.05) is 18.2 Å². The highest BCUT2D eigenvalue weighted by Gasteiger charge is 2.38. The van der Waals surface area contributed by atoms with Gasteiger partial charge in [-0.25, -0.2) is 4.79 Å². The number of carboxylic acid groups (broad SMARTS) is 1.